The number of carbonyl (C=O) groups is 3. The number of non-ortho nitro benzene ring substituents is 1. The van der Waals surface area contributed by atoms with Crippen LogP contribution in [-0.4, -0.2) is 276 Å². The molecule has 11 N–H and O–H groups in total. The van der Waals surface area contributed by atoms with Crippen LogP contribution in [0.5, 0.6) is 0 Å². The fraction of sp³-hybridized carbons (Fsp3) is 0.651. The Labute approximate surface area is 801 Å². The SMILES string of the molecule is CC(=O)N(C(C)=O)c1cccc2c[n+](CCCS(=O)(=O)O)ccc12.CCCCCCCCCCCCC1(CCCS(=O)(=O)O)CCCCC1.C[N+](C)(CCCS(=O)(=O)[O-])CCCS(=O)(=O)[O-].O=C(O)CNCCCS(=O)(=O)O.O=S(=O)(O)CCCN1CCc2c(Br)cccc2C1.O=[N+]([O-])c1ccc2c(c1)CN(CCCS(=O)(=O)O)CC2.[NH3+]c1cccc2c1CCN(CCCS(=O)(=O)O)C2. The third kappa shape index (κ3) is 57.4. The number of halogens is 1. The third-order valence-electron chi connectivity index (χ3n) is 22.8. The zero-order valence-corrected chi connectivity index (χ0v) is 85.6. The van der Waals surface area contributed by atoms with Crippen molar-refractivity contribution >= 4 is 142 Å². The van der Waals surface area contributed by atoms with E-state index in [4.69, 9.17) is 32.4 Å². The Morgan fingerprint density at radius 1 is 0.515 bits per heavy atom. The molecule has 9 rings (SSSR count). The van der Waals surface area contributed by atoms with Crippen molar-refractivity contribution in [1.82, 2.24) is 20.0 Å². The number of aromatic nitrogens is 1. The Kier molecular flexibility index (Phi) is 54.7. The van der Waals surface area contributed by atoms with E-state index in [9.17, 15) is 101 Å². The highest BCUT2D eigenvalue weighted by Gasteiger charge is 2.32. The average molecular weight is 2120 g/mol. The van der Waals surface area contributed by atoms with Gasteiger partial charge in [0.25, 0.3) is 66.4 Å². The van der Waals surface area contributed by atoms with Crippen LogP contribution in [0.4, 0.5) is 17.1 Å². The number of unbranched alkanes of at least 4 members (excludes halogenated alkanes) is 9. The van der Waals surface area contributed by atoms with E-state index in [0.717, 1.165) is 95.4 Å². The summed E-state index contributed by atoms with van der Waals surface area (Å²) in [4.78, 5) is 51.4. The highest BCUT2D eigenvalue weighted by molar-refractivity contribution is 9.10. The summed E-state index contributed by atoms with van der Waals surface area (Å²) in [5.41, 5.74) is 13.3. The van der Waals surface area contributed by atoms with Gasteiger partial charge in [-0.25, -0.2) is 21.4 Å². The molecule has 0 unspecified atom stereocenters. The monoisotopic (exact) mass is 2110 g/mol. The number of anilines is 1. The number of rotatable bonds is 47. The fourth-order valence-corrected chi connectivity index (χ4v) is 20.8. The number of nitro groups is 1. The summed E-state index contributed by atoms with van der Waals surface area (Å²) in [5.74, 6) is -3.86. The number of hydrogen-bond acceptors (Lipinski definition) is 27. The van der Waals surface area contributed by atoms with E-state index in [1.54, 1.807) is 61.4 Å². The van der Waals surface area contributed by atoms with Crippen molar-refractivity contribution in [2.24, 2.45) is 5.41 Å². The quantitative estimate of drug-likeness (QED) is 0.00437. The van der Waals surface area contributed by atoms with E-state index in [2.05, 4.69) is 55.8 Å². The summed E-state index contributed by atoms with van der Waals surface area (Å²) in [7, 11) is -28.1. The fourth-order valence-electron chi connectivity index (χ4n) is 16.2. The Balaban J connectivity index is 0.000000406. The molecule has 0 bridgehead atoms. The van der Waals surface area contributed by atoms with Gasteiger partial charge in [-0.2, -0.15) is 50.5 Å². The predicted octanol–water partition coefficient (Wildman–Crippen LogP) is 9.60. The van der Waals surface area contributed by atoms with Gasteiger partial charge in [-0.05, 0) is 161 Å². The molecule has 1 fully saturated rings. The molecule has 1 aliphatic carbocycles. The van der Waals surface area contributed by atoms with Gasteiger partial charge in [0, 0.05) is 123 Å². The molecule has 48 heteroatoms. The Morgan fingerprint density at radius 3 is 1.43 bits per heavy atom. The van der Waals surface area contributed by atoms with Gasteiger partial charge >= 0.3 is 5.97 Å². The molecule has 0 spiro atoms. The summed E-state index contributed by atoms with van der Waals surface area (Å²) in [6.07, 6.45) is 31.5. The van der Waals surface area contributed by atoms with Gasteiger partial charge in [-0.1, -0.05) is 143 Å². The van der Waals surface area contributed by atoms with E-state index in [0.29, 0.717) is 87.1 Å². The molecule has 1 saturated carbocycles. The molecule has 134 heavy (non-hydrogen) atoms. The largest absolute Gasteiger partial charge is 0.748 e. The van der Waals surface area contributed by atoms with Crippen molar-refractivity contribution in [3.63, 3.8) is 0 Å². The van der Waals surface area contributed by atoms with E-state index >= 15 is 0 Å². The maximum Gasteiger partial charge on any atom is 0.317 e. The zero-order valence-electron chi connectivity index (χ0n) is 77.5. The number of aliphatic carboxylic acids is 1. The molecule has 39 nitrogen and oxygen atoms in total. The number of carboxylic acid groups (broad SMARTS) is 1. The highest BCUT2D eigenvalue weighted by atomic mass is 79.9. The van der Waals surface area contributed by atoms with Crippen LogP contribution in [0.25, 0.3) is 10.8 Å². The minimum Gasteiger partial charge on any atom is -0.748 e. The number of hydrogen-bond donors (Lipinski definition) is 9. The second kappa shape index (κ2) is 60.1. The summed E-state index contributed by atoms with van der Waals surface area (Å²) in [6, 6.07) is 24.2. The molecule has 0 saturated heterocycles. The van der Waals surface area contributed by atoms with Crippen molar-refractivity contribution in [2.75, 3.05) is 130 Å². The average Bonchev–Trinajstić information content (AvgIpc) is 0.793. The van der Waals surface area contributed by atoms with Crippen molar-refractivity contribution in [3.8, 4) is 0 Å². The lowest BCUT2D eigenvalue weighted by Gasteiger charge is -2.38. The minimum absolute atomic E-state index is 0.0627. The van der Waals surface area contributed by atoms with Gasteiger partial charge in [-0.15, -0.1) is 0 Å². The van der Waals surface area contributed by atoms with Crippen LogP contribution in [0.1, 0.15) is 215 Å². The second-order valence-electron chi connectivity index (χ2n) is 34.8. The molecular formula is C86H141BrN9O30S8+. The number of nitrogens with one attached hydrogen (secondary N) is 1. The van der Waals surface area contributed by atoms with E-state index in [-0.39, 0.29) is 90.8 Å². The van der Waals surface area contributed by atoms with Crippen molar-refractivity contribution in [3.05, 3.63) is 139 Å². The topological polar surface area (TPSA) is 612 Å². The van der Waals surface area contributed by atoms with Gasteiger partial charge in [0.05, 0.1) is 99.1 Å². The first-order chi connectivity index (χ1) is 62.3. The molecule has 3 aliphatic heterocycles. The summed E-state index contributed by atoms with van der Waals surface area (Å²) < 4.78 is 245. The first kappa shape index (κ1) is 122. The van der Waals surface area contributed by atoms with Gasteiger partial charge in [0.1, 0.15) is 12.2 Å². The Bertz CT molecular complexity index is 5340. The number of fused-ring (bicyclic) bond motifs is 4. The molecule has 2 amide bonds. The molecular weight excluding hydrogens is 1980 g/mol. The van der Waals surface area contributed by atoms with Crippen LogP contribution in [0.15, 0.2) is 95.7 Å². The molecule has 0 atom stereocenters. The Morgan fingerprint density at radius 2 is 0.948 bits per heavy atom. The van der Waals surface area contributed by atoms with Crippen molar-refractivity contribution < 1.29 is 143 Å². The van der Waals surface area contributed by atoms with E-state index < -0.39 is 103 Å². The van der Waals surface area contributed by atoms with Gasteiger partial charge in [0.15, 0.2) is 12.4 Å². The van der Waals surface area contributed by atoms with Crippen LogP contribution in [0, 0.1) is 15.5 Å². The number of amides is 2. The molecule has 4 heterocycles. The van der Waals surface area contributed by atoms with Crippen LogP contribution >= 0.6 is 15.9 Å². The van der Waals surface area contributed by atoms with Crippen LogP contribution < -0.4 is 20.5 Å². The molecule has 5 aromatic rings. The van der Waals surface area contributed by atoms with Gasteiger partial charge < -0.3 is 29.7 Å². The Hall–Kier alpha value is -6.18. The summed E-state index contributed by atoms with van der Waals surface area (Å²) in [6.45, 7) is 13.1. The molecule has 0 radical (unpaired) electrons. The van der Waals surface area contributed by atoms with Crippen molar-refractivity contribution in [1.29, 1.82) is 0 Å². The van der Waals surface area contributed by atoms with E-state index in [1.165, 1.54) is 145 Å². The van der Waals surface area contributed by atoms with Gasteiger partial charge in [0.2, 0.25) is 11.8 Å². The number of carboxylic acids is 1. The first-order valence-corrected chi connectivity index (χ1v) is 58.5. The maximum atomic E-state index is 11.8. The highest BCUT2D eigenvalue weighted by Crippen LogP contribution is 2.45. The lowest BCUT2D eigenvalue weighted by atomic mass is 9.68. The standard InChI is InChI=1S/C21H42O3S.C16H18N2O5S.C12H16BrNO3S.C12H16N2O5S.C12H18N2O3S.C8H19NO6S2.C5H11NO5S/c1-2-3-4-5-6-7-8-9-10-12-16-21(17-13-11-14-18-21)19-15-20-25(22,23)24;1-12(19)18(13(2)20)16-6-3-5-14-11-17(9-7-15(14)16)8-4-10-24(21,22)23;13-12-4-1-3-10-9-14(7-5-11(10)12)6-2-8-18(15,16)17;15-14(16)12-3-2-10-4-6-13(9-11(10)8-12)5-1-7-20(17,18)19;13-12-4-1-3-10-9-14(7-5-11(10)12)6-2-8-18(15,16)17;1-9(2,5-3-7-16(10,11)12)6-4-8-17(13,14)15;7-5(8)4-6-2-1-3-12(9,10)11/h2-20H2,1H3,(H,22,23,24);3,5-7,9,11H,4,8,10H2,1-2H3;1,3-4H,2,5-9H2,(H,15,16,17);2-3,8H,1,4-7,9H2,(H,17,18,19);1,3-4H,2,5-9,13H2,(H,15,16,17);3-8H2,1-2H3,(H-,10,11,12,13,14,15);6H,1-4H2,(H,7,8)(H,9,10,11)/p+1. The maximum absolute atomic E-state index is 11.8. The predicted molar refractivity (Wildman–Crippen MR) is 515 cm³/mol. The lowest BCUT2D eigenvalue weighted by molar-refractivity contribution is -0.890. The number of nitrogens with zero attached hydrogens (tertiary/aromatic N) is 7. The number of pyridine rings is 1. The number of carbonyl (C=O) groups excluding carboxylic acids is 2. The van der Waals surface area contributed by atoms with Crippen molar-refractivity contribution in [2.45, 2.75) is 227 Å². The summed E-state index contributed by atoms with van der Waals surface area (Å²) in [5, 5.41) is 22.9. The molecule has 1 aromatic heterocycles. The van der Waals surface area contributed by atoms with Crippen LogP contribution in [0.3, 0.4) is 0 Å². The third-order valence-corrected chi connectivity index (χ3v) is 30.0. The van der Waals surface area contributed by atoms with Gasteiger partial charge in [-0.3, -0.25) is 71.4 Å². The van der Waals surface area contributed by atoms with E-state index in [1.807, 2.05) is 35.2 Å². The normalized spacial score (nSPS) is 14.9. The van der Waals surface area contributed by atoms with Crippen LogP contribution in [-0.2, 0) is 141 Å². The second-order valence-corrected chi connectivity index (χ2v) is 48.2. The first-order valence-electron chi connectivity index (χ1n) is 44.9. The zero-order chi connectivity index (χ0) is 101. The summed E-state index contributed by atoms with van der Waals surface area (Å²) >= 11 is 3.55. The number of benzene rings is 4. The molecule has 4 aliphatic rings. The smallest absolute Gasteiger partial charge is 0.317 e. The lowest BCUT2D eigenvalue weighted by Crippen LogP contribution is -2.43. The minimum atomic E-state index is -4.20. The number of quaternary nitrogens is 2. The molecule has 4 aromatic carbocycles. The number of aryl methyl sites for hydroxylation is 1. The molecule has 764 valence electrons. The van der Waals surface area contributed by atoms with Crippen LogP contribution in [0.2, 0.25) is 0 Å². The number of imide groups is 1. The number of nitro benzene ring substituents is 1.